The molecular formula is C25H20NO2-. The summed E-state index contributed by atoms with van der Waals surface area (Å²) in [7, 11) is 0. The lowest BCUT2D eigenvalue weighted by atomic mass is 9.76. The third-order valence-corrected chi connectivity index (χ3v) is 5.99. The minimum Gasteiger partial charge on any atom is -0.545 e. The fourth-order valence-electron chi connectivity index (χ4n) is 4.64. The molecule has 3 aromatic rings. The number of fused-ring (bicyclic) bond motifs is 3. The van der Waals surface area contributed by atoms with E-state index in [-0.39, 0.29) is 11.6 Å². The molecule has 138 valence electrons. The molecule has 0 saturated heterocycles. The Morgan fingerprint density at radius 2 is 1.71 bits per heavy atom. The monoisotopic (exact) mass is 366 g/mol. The smallest absolute Gasteiger partial charge is 0.0715 e. The molecule has 0 unspecified atom stereocenters. The first kappa shape index (κ1) is 16.8. The van der Waals surface area contributed by atoms with Gasteiger partial charge in [0, 0.05) is 17.2 Å². The average Bonchev–Trinajstić information content (AvgIpc) is 3.24. The van der Waals surface area contributed by atoms with Crippen LogP contribution < -0.4 is 10.4 Å². The molecule has 28 heavy (non-hydrogen) atoms. The Labute approximate surface area is 164 Å². The second kappa shape index (κ2) is 6.68. The first-order valence-corrected chi connectivity index (χ1v) is 9.65. The number of carbonyl (C=O) groups is 1. The second-order valence-corrected chi connectivity index (χ2v) is 7.52. The number of anilines is 1. The van der Waals surface area contributed by atoms with Gasteiger partial charge in [-0.25, -0.2) is 0 Å². The Morgan fingerprint density at radius 3 is 2.46 bits per heavy atom. The van der Waals surface area contributed by atoms with Crippen molar-refractivity contribution in [3.05, 3.63) is 102 Å². The molecule has 0 spiro atoms. The number of rotatable bonds is 3. The summed E-state index contributed by atoms with van der Waals surface area (Å²) in [4.78, 5) is 11.1. The van der Waals surface area contributed by atoms with Crippen molar-refractivity contribution >= 4 is 11.7 Å². The van der Waals surface area contributed by atoms with E-state index in [4.69, 9.17) is 0 Å². The fraction of sp³-hybridized carbons (Fsp3) is 0.160. The van der Waals surface area contributed by atoms with Crippen LogP contribution in [0.2, 0.25) is 0 Å². The number of carboxylic acids is 1. The number of nitrogens with one attached hydrogen (secondary N) is 1. The van der Waals surface area contributed by atoms with Crippen LogP contribution in [0.15, 0.2) is 84.9 Å². The maximum absolute atomic E-state index is 11.1. The van der Waals surface area contributed by atoms with Gasteiger partial charge in [0.1, 0.15) is 0 Å². The highest BCUT2D eigenvalue weighted by Gasteiger charge is 2.38. The molecule has 0 amide bonds. The predicted octanol–water partition coefficient (Wildman–Crippen LogP) is 4.54. The van der Waals surface area contributed by atoms with Crippen molar-refractivity contribution in [2.45, 2.75) is 18.4 Å². The Hall–Kier alpha value is -3.33. The summed E-state index contributed by atoms with van der Waals surface area (Å²) in [6, 6.07) is 24.2. The first-order valence-electron chi connectivity index (χ1n) is 9.65. The van der Waals surface area contributed by atoms with Gasteiger partial charge in [-0.3, -0.25) is 0 Å². The van der Waals surface area contributed by atoms with Crippen LogP contribution in [-0.2, 0) is 0 Å². The van der Waals surface area contributed by atoms with E-state index >= 15 is 0 Å². The molecule has 0 fully saturated rings. The highest BCUT2D eigenvalue weighted by Crippen LogP contribution is 2.52. The zero-order chi connectivity index (χ0) is 19.1. The normalized spacial score (nSPS) is 22.2. The van der Waals surface area contributed by atoms with Crippen LogP contribution in [0.3, 0.4) is 0 Å². The summed E-state index contributed by atoms with van der Waals surface area (Å²) < 4.78 is 0. The Morgan fingerprint density at radius 1 is 0.929 bits per heavy atom. The number of carbonyl (C=O) groups excluding carboxylic acids is 1. The van der Waals surface area contributed by atoms with E-state index in [2.05, 4.69) is 59.9 Å². The number of allylic oxidation sites excluding steroid dienone is 2. The van der Waals surface area contributed by atoms with Gasteiger partial charge in [-0.1, -0.05) is 84.9 Å². The van der Waals surface area contributed by atoms with E-state index in [1.165, 1.54) is 22.4 Å². The van der Waals surface area contributed by atoms with E-state index in [1.54, 1.807) is 12.1 Å². The van der Waals surface area contributed by atoms with Crippen molar-refractivity contribution in [1.29, 1.82) is 0 Å². The molecule has 3 nitrogen and oxygen atoms in total. The summed E-state index contributed by atoms with van der Waals surface area (Å²) in [5.74, 6) is -0.349. The lowest BCUT2D eigenvalue weighted by Crippen LogP contribution is -2.29. The maximum Gasteiger partial charge on any atom is 0.0715 e. The van der Waals surface area contributed by atoms with Crippen LogP contribution in [0.25, 0.3) is 11.1 Å². The third kappa shape index (κ3) is 2.71. The summed E-state index contributed by atoms with van der Waals surface area (Å²) in [5, 5.41) is 14.9. The Bertz CT molecular complexity index is 1050. The SMILES string of the molecule is O=C([O-])c1ccc([C@@H]2Nc3c(-c4ccccc4)cccc3[C@H]3C=CC[C@H]32)cc1. The van der Waals surface area contributed by atoms with Crippen LogP contribution in [0, 0.1) is 5.92 Å². The fourth-order valence-corrected chi connectivity index (χ4v) is 4.64. The van der Waals surface area contributed by atoms with Crippen LogP contribution >= 0.6 is 0 Å². The Kier molecular flexibility index (Phi) is 4.01. The van der Waals surface area contributed by atoms with Crippen molar-refractivity contribution in [3.63, 3.8) is 0 Å². The number of aromatic carboxylic acids is 1. The van der Waals surface area contributed by atoms with Crippen LogP contribution in [0.4, 0.5) is 5.69 Å². The quantitative estimate of drug-likeness (QED) is 0.692. The van der Waals surface area contributed by atoms with Gasteiger partial charge in [0.2, 0.25) is 0 Å². The van der Waals surface area contributed by atoms with Crippen molar-refractivity contribution in [1.82, 2.24) is 0 Å². The third-order valence-electron chi connectivity index (χ3n) is 5.99. The second-order valence-electron chi connectivity index (χ2n) is 7.52. The lowest BCUT2D eigenvalue weighted by Gasteiger charge is -2.38. The number of hydrogen-bond acceptors (Lipinski definition) is 3. The molecule has 0 saturated carbocycles. The summed E-state index contributed by atoms with van der Waals surface area (Å²) in [6.07, 6.45) is 5.60. The molecule has 1 aliphatic heterocycles. The molecule has 5 rings (SSSR count). The van der Waals surface area contributed by atoms with E-state index in [0.717, 1.165) is 12.0 Å². The maximum atomic E-state index is 11.1. The van der Waals surface area contributed by atoms with Crippen molar-refractivity contribution in [2.75, 3.05) is 5.32 Å². The molecule has 3 aromatic carbocycles. The van der Waals surface area contributed by atoms with E-state index in [9.17, 15) is 9.90 Å². The minimum absolute atomic E-state index is 0.133. The molecule has 3 heteroatoms. The zero-order valence-corrected chi connectivity index (χ0v) is 15.3. The molecule has 1 heterocycles. The predicted molar refractivity (Wildman–Crippen MR) is 109 cm³/mol. The molecular weight excluding hydrogens is 346 g/mol. The molecule has 3 atom stereocenters. The van der Waals surface area contributed by atoms with Gasteiger partial charge in [0.25, 0.3) is 0 Å². The van der Waals surface area contributed by atoms with Crippen LogP contribution in [0.1, 0.15) is 39.9 Å². The number of para-hydroxylation sites is 1. The van der Waals surface area contributed by atoms with Crippen LogP contribution in [-0.4, -0.2) is 5.97 Å². The van der Waals surface area contributed by atoms with Gasteiger partial charge in [-0.2, -0.15) is 0 Å². The number of hydrogen-bond donors (Lipinski definition) is 1. The highest BCUT2D eigenvalue weighted by molar-refractivity contribution is 5.86. The van der Waals surface area contributed by atoms with Crippen LogP contribution in [0.5, 0.6) is 0 Å². The van der Waals surface area contributed by atoms with Gasteiger partial charge in [-0.05, 0) is 34.6 Å². The number of benzene rings is 3. The summed E-state index contributed by atoms with van der Waals surface area (Å²) in [5.41, 5.74) is 6.23. The topological polar surface area (TPSA) is 52.2 Å². The molecule has 1 N–H and O–H groups in total. The van der Waals surface area contributed by atoms with Gasteiger partial charge in [-0.15, -0.1) is 0 Å². The van der Waals surface area contributed by atoms with Crippen molar-refractivity contribution in [3.8, 4) is 11.1 Å². The molecule has 1 aliphatic carbocycles. The van der Waals surface area contributed by atoms with E-state index < -0.39 is 5.97 Å². The summed E-state index contributed by atoms with van der Waals surface area (Å²) in [6.45, 7) is 0. The molecule has 0 radical (unpaired) electrons. The zero-order valence-electron chi connectivity index (χ0n) is 15.3. The Balaban J connectivity index is 1.60. The van der Waals surface area contributed by atoms with E-state index in [1.807, 2.05) is 18.2 Å². The standard InChI is InChI=1S/C25H21NO2/c27-25(28)18-14-12-17(13-15-18)23-21-10-5-9-20(21)22-11-4-8-19(24(22)26-23)16-6-2-1-3-7-16/h1-9,11-15,20-21,23,26H,10H2,(H,27,28)/p-1/t20-,21+,23-/m0/s1. The van der Waals surface area contributed by atoms with Crippen molar-refractivity contribution in [2.24, 2.45) is 5.92 Å². The molecule has 2 aliphatic rings. The lowest BCUT2D eigenvalue weighted by molar-refractivity contribution is -0.255. The minimum atomic E-state index is -1.14. The summed E-state index contributed by atoms with van der Waals surface area (Å²) >= 11 is 0. The average molecular weight is 366 g/mol. The number of carboxylic acid groups (broad SMARTS) is 1. The highest BCUT2D eigenvalue weighted by atomic mass is 16.4. The van der Waals surface area contributed by atoms with Crippen molar-refractivity contribution < 1.29 is 9.90 Å². The van der Waals surface area contributed by atoms with E-state index in [0.29, 0.717) is 11.8 Å². The molecule has 0 aromatic heterocycles. The molecule has 0 bridgehead atoms. The van der Waals surface area contributed by atoms with Gasteiger partial charge in [0.05, 0.1) is 12.0 Å². The van der Waals surface area contributed by atoms with Gasteiger partial charge >= 0.3 is 0 Å². The van der Waals surface area contributed by atoms with Gasteiger partial charge in [0.15, 0.2) is 0 Å². The first-order chi connectivity index (χ1) is 13.7. The van der Waals surface area contributed by atoms with Gasteiger partial charge < -0.3 is 15.2 Å². The largest absolute Gasteiger partial charge is 0.545 e.